The van der Waals surface area contributed by atoms with Gasteiger partial charge < -0.3 is 46.7 Å². The van der Waals surface area contributed by atoms with Crippen molar-refractivity contribution >= 4 is 17.1 Å². The first-order valence-electron chi connectivity index (χ1n) is 24.4. The maximum atomic E-state index is 10.7. The second-order valence-corrected chi connectivity index (χ2v) is 23.2. The molecule has 4 aromatic rings. The molecule has 12 bridgehead atoms. The number of nitrogen functional groups attached to an aromatic ring is 3. The monoisotopic (exact) mass is 849 g/mol. The summed E-state index contributed by atoms with van der Waals surface area (Å²) in [6.07, 6.45) is 21.5. The lowest BCUT2D eigenvalue weighted by Gasteiger charge is -2.61. The SMILES string of the molecule is Nc1cc(Oc2c(C34CC5CC(CC(C5)C3)C4)c(Oc3ccc(O)c(N)c3)c(C34CC5CC(CC(C5)C3)C4)c(Oc3ccc(O)c(N)c3)c2C23CC4CC(CC(C4)C2)C3)ccc1O. The summed E-state index contributed by atoms with van der Waals surface area (Å²) in [7, 11) is 0. The lowest BCUT2D eigenvalue weighted by molar-refractivity contribution is -0.0152. The van der Waals surface area contributed by atoms with Gasteiger partial charge in [-0.05, 0) is 205 Å². The Morgan fingerprint density at radius 3 is 0.746 bits per heavy atom. The molecule has 63 heavy (non-hydrogen) atoms. The molecule has 16 rings (SSSR count). The number of hydrogen-bond donors (Lipinski definition) is 6. The molecule has 12 fully saturated rings. The Bertz CT molecular complexity index is 2150. The van der Waals surface area contributed by atoms with Crippen LogP contribution in [0, 0.1) is 53.3 Å². The van der Waals surface area contributed by atoms with Crippen molar-refractivity contribution in [3.8, 4) is 51.7 Å². The largest absolute Gasteiger partial charge is 0.506 e. The number of nitrogens with two attached hydrogens (primary N) is 3. The van der Waals surface area contributed by atoms with E-state index in [1.807, 2.05) is 18.2 Å². The molecule has 9 N–H and O–H groups in total. The second-order valence-electron chi connectivity index (χ2n) is 23.2. The lowest BCUT2D eigenvalue weighted by Crippen LogP contribution is -2.52. The highest BCUT2D eigenvalue weighted by Crippen LogP contribution is 2.73. The Balaban J connectivity index is 1.18. The molecule has 330 valence electrons. The Morgan fingerprint density at radius 1 is 0.349 bits per heavy atom. The molecule has 9 nitrogen and oxygen atoms in total. The normalized spacial score (nSPS) is 37.4. The van der Waals surface area contributed by atoms with Gasteiger partial charge in [-0.2, -0.15) is 0 Å². The summed E-state index contributed by atoms with van der Waals surface area (Å²) in [5.74, 6) is 10.3. The van der Waals surface area contributed by atoms with Gasteiger partial charge in [-0.25, -0.2) is 0 Å². The molecule has 0 heterocycles. The van der Waals surface area contributed by atoms with E-state index in [1.54, 1.807) is 36.4 Å². The van der Waals surface area contributed by atoms with Crippen LogP contribution >= 0.6 is 0 Å². The summed E-state index contributed by atoms with van der Waals surface area (Å²) in [6.45, 7) is 0. The van der Waals surface area contributed by atoms with Gasteiger partial charge in [0.05, 0.1) is 17.1 Å². The van der Waals surface area contributed by atoms with E-state index in [2.05, 4.69) is 0 Å². The van der Waals surface area contributed by atoms with Crippen LogP contribution in [0.3, 0.4) is 0 Å². The molecule has 0 spiro atoms. The van der Waals surface area contributed by atoms with E-state index in [4.69, 9.17) is 31.4 Å². The van der Waals surface area contributed by atoms with Crippen LogP contribution in [-0.4, -0.2) is 15.3 Å². The number of phenols is 3. The van der Waals surface area contributed by atoms with Crippen LogP contribution in [-0.2, 0) is 16.2 Å². The topological polar surface area (TPSA) is 166 Å². The fraction of sp³-hybridized carbons (Fsp3) is 0.556. The van der Waals surface area contributed by atoms with Gasteiger partial charge >= 0.3 is 0 Å². The minimum Gasteiger partial charge on any atom is -0.506 e. The highest BCUT2D eigenvalue weighted by Gasteiger charge is 2.61. The molecule has 0 unspecified atom stereocenters. The third-order valence-electron chi connectivity index (χ3n) is 18.7. The van der Waals surface area contributed by atoms with Crippen LogP contribution in [0.1, 0.15) is 132 Å². The molecule has 0 radical (unpaired) electrons. The van der Waals surface area contributed by atoms with E-state index in [9.17, 15) is 15.3 Å². The fourth-order valence-corrected chi connectivity index (χ4v) is 17.8. The van der Waals surface area contributed by atoms with Gasteiger partial charge in [0.2, 0.25) is 0 Å². The van der Waals surface area contributed by atoms with Crippen LogP contribution in [0.15, 0.2) is 54.6 Å². The van der Waals surface area contributed by atoms with Gasteiger partial charge in [0.15, 0.2) is 0 Å². The van der Waals surface area contributed by atoms with Gasteiger partial charge in [0.1, 0.15) is 51.7 Å². The third kappa shape index (κ3) is 6.06. The number of phenolic OH excluding ortho intramolecular Hbond substituents is 3. The van der Waals surface area contributed by atoms with Crippen molar-refractivity contribution in [2.24, 2.45) is 53.3 Å². The second kappa shape index (κ2) is 13.6. The minimum atomic E-state index is -0.195. The molecule has 9 heteroatoms. The number of benzene rings is 4. The van der Waals surface area contributed by atoms with Gasteiger partial charge in [0.25, 0.3) is 0 Å². The molecule has 4 aromatic carbocycles. The van der Waals surface area contributed by atoms with Gasteiger partial charge in [-0.3, -0.25) is 0 Å². The highest BCUT2D eigenvalue weighted by atomic mass is 16.5. The van der Waals surface area contributed by atoms with Crippen LogP contribution < -0.4 is 31.4 Å². The molecule has 0 amide bonds. The zero-order valence-corrected chi connectivity index (χ0v) is 36.4. The Kier molecular flexibility index (Phi) is 8.29. The first kappa shape index (κ1) is 38.5. The first-order valence-corrected chi connectivity index (χ1v) is 24.4. The zero-order chi connectivity index (χ0) is 42.6. The standard InChI is InChI=1S/C54H63N3O6/c55-40-16-37(1-4-43(40)58)61-49-46(52-19-28-7-29(20-52)9-30(8-28)21-52)50(62-38-2-5-44(59)41(56)17-38)48(54-25-34-13-35(26-54)15-36(14-34)27-54)51(63-39-3-6-45(60)42(57)18-39)47(49)53-22-31-10-32(23-53)12-33(11-31)24-53/h1-6,16-18,28-36,58-60H,7-15,19-27,55-57H2. The Hall–Kier alpha value is -4.92. The molecule has 0 saturated heterocycles. The summed E-state index contributed by atoms with van der Waals surface area (Å²) in [6, 6.07) is 15.8. The summed E-state index contributed by atoms with van der Waals surface area (Å²) in [5, 5.41) is 32.2. The molecule has 0 atom stereocenters. The third-order valence-corrected chi connectivity index (χ3v) is 18.7. The number of aromatic hydroxyl groups is 3. The molecular formula is C54H63N3O6. The first-order chi connectivity index (χ1) is 30.4. The predicted molar refractivity (Wildman–Crippen MR) is 244 cm³/mol. The van der Waals surface area contributed by atoms with Crippen molar-refractivity contribution in [1.82, 2.24) is 0 Å². The van der Waals surface area contributed by atoms with E-state index in [0.717, 1.165) is 75.0 Å². The van der Waals surface area contributed by atoms with Crippen molar-refractivity contribution in [3.63, 3.8) is 0 Å². The van der Waals surface area contributed by atoms with Gasteiger partial charge in [0, 0.05) is 51.1 Å². The van der Waals surface area contributed by atoms with Crippen LogP contribution in [0.25, 0.3) is 0 Å². The van der Waals surface area contributed by atoms with Crippen LogP contribution in [0.5, 0.6) is 51.7 Å². The lowest BCUT2D eigenvalue weighted by atomic mass is 9.44. The molecule has 12 saturated carbocycles. The smallest absolute Gasteiger partial charge is 0.142 e. The van der Waals surface area contributed by atoms with Crippen molar-refractivity contribution in [1.29, 1.82) is 0 Å². The number of ether oxygens (including phenoxy) is 3. The molecule has 0 aliphatic heterocycles. The summed E-state index contributed by atoms with van der Waals surface area (Å²) >= 11 is 0. The molecular weight excluding hydrogens is 787 g/mol. The number of anilines is 3. The number of rotatable bonds is 9. The van der Waals surface area contributed by atoms with E-state index < -0.39 is 0 Å². The zero-order valence-electron chi connectivity index (χ0n) is 36.4. The summed E-state index contributed by atoms with van der Waals surface area (Å²) in [4.78, 5) is 0. The maximum absolute atomic E-state index is 10.7. The maximum Gasteiger partial charge on any atom is 0.142 e. The average molecular weight is 850 g/mol. The molecule has 12 aliphatic carbocycles. The minimum absolute atomic E-state index is 0.0324. The Morgan fingerprint density at radius 2 is 0.556 bits per heavy atom. The van der Waals surface area contributed by atoms with Crippen molar-refractivity contribution < 1.29 is 29.5 Å². The molecule has 12 aliphatic rings. The van der Waals surface area contributed by atoms with Crippen molar-refractivity contribution in [2.75, 3.05) is 17.2 Å². The van der Waals surface area contributed by atoms with Gasteiger partial charge in [-0.15, -0.1) is 0 Å². The van der Waals surface area contributed by atoms with Gasteiger partial charge in [-0.1, -0.05) is 0 Å². The van der Waals surface area contributed by atoms with E-state index in [0.29, 0.717) is 70.5 Å². The summed E-state index contributed by atoms with van der Waals surface area (Å²) < 4.78 is 23.1. The fourth-order valence-electron chi connectivity index (χ4n) is 17.8. The molecule has 0 aromatic heterocycles. The number of hydrogen-bond acceptors (Lipinski definition) is 9. The van der Waals surface area contributed by atoms with E-state index in [1.165, 1.54) is 74.5 Å². The quantitative estimate of drug-likeness (QED) is 0.0710. The van der Waals surface area contributed by atoms with E-state index in [-0.39, 0.29) is 50.6 Å². The van der Waals surface area contributed by atoms with Crippen molar-refractivity contribution in [2.45, 2.75) is 132 Å². The average Bonchev–Trinajstić information content (AvgIpc) is 3.20. The summed E-state index contributed by atoms with van der Waals surface area (Å²) in [5.41, 5.74) is 23.4. The van der Waals surface area contributed by atoms with Crippen LogP contribution in [0.2, 0.25) is 0 Å². The van der Waals surface area contributed by atoms with Crippen molar-refractivity contribution in [3.05, 3.63) is 71.3 Å². The predicted octanol–water partition coefficient (Wildman–Crippen LogP) is 12.3. The Labute approximate surface area is 370 Å². The highest BCUT2D eigenvalue weighted by molar-refractivity contribution is 5.73. The van der Waals surface area contributed by atoms with Crippen LogP contribution in [0.4, 0.5) is 17.1 Å². The van der Waals surface area contributed by atoms with E-state index >= 15 is 0 Å².